The third kappa shape index (κ3) is 2.67. The van der Waals surface area contributed by atoms with Crippen molar-refractivity contribution in [3.63, 3.8) is 0 Å². The largest absolute Gasteiger partial charge is 0.380 e. The maximum atomic E-state index is 5.24. The number of anilines is 1. The molecular formula is C11H14N2OS. The van der Waals surface area contributed by atoms with Crippen LogP contribution >= 0.6 is 11.3 Å². The summed E-state index contributed by atoms with van der Waals surface area (Å²) in [5, 5.41) is 4.22. The van der Waals surface area contributed by atoms with Crippen molar-refractivity contribution in [3.8, 4) is 0 Å². The summed E-state index contributed by atoms with van der Waals surface area (Å²) in [5.41, 5.74) is 1.06. The molecule has 1 heterocycles. The van der Waals surface area contributed by atoms with Crippen LogP contribution in [0.5, 0.6) is 0 Å². The van der Waals surface area contributed by atoms with E-state index in [1.807, 2.05) is 25.1 Å². The Morgan fingerprint density at radius 2 is 2.27 bits per heavy atom. The summed E-state index contributed by atoms with van der Waals surface area (Å²) < 4.78 is 6.46. The number of aromatic nitrogens is 1. The lowest BCUT2D eigenvalue weighted by Crippen LogP contribution is -2.08. The van der Waals surface area contributed by atoms with Crippen LogP contribution in [-0.2, 0) is 4.74 Å². The highest BCUT2D eigenvalue weighted by Crippen LogP contribution is 2.24. The summed E-state index contributed by atoms with van der Waals surface area (Å²) in [6.07, 6.45) is 0. The second kappa shape index (κ2) is 5.09. The molecule has 1 N–H and O–H groups in total. The molecule has 0 atom stereocenters. The zero-order chi connectivity index (χ0) is 10.5. The number of fused-ring (bicyclic) bond motifs is 1. The molecule has 0 radical (unpaired) electrons. The van der Waals surface area contributed by atoms with Crippen molar-refractivity contribution in [1.82, 2.24) is 4.98 Å². The van der Waals surface area contributed by atoms with E-state index in [9.17, 15) is 0 Å². The summed E-state index contributed by atoms with van der Waals surface area (Å²) in [6.45, 7) is 4.30. The number of para-hydroxylation sites is 1. The van der Waals surface area contributed by atoms with Crippen LogP contribution in [0.1, 0.15) is 6.92 Å². The molecule has 0 bridgehead atoms. The van der Waals surface area contributed by atoms with Crippen molar-refractivity contribution in [2.45, 2.75) is 6.92 Å². The average molecular weight is 222 g/mol. The van der Waals surface area contributed by atoms with E-state index < -0.39 is 0 Å². The normalized spacial score (nSPS) is 10.7. The molecule has 15 heavy (non-hydrogen) atoms. The number of hydrogen-bond acceptors (Lipinski definition) is 4. The van der Waals surface area contributed by atoms with Gasteiger partial charge in [-0.15, -0.1) is 0 Å². The molecular weight excluding hydrogens is 208 g/mol. The summed E-state index contributed by atoms with van der Waals surface area (Å²) in [7, 11) is 0. The molecule has 0 fully saturated rings. The van der Waals surface area contributed by atoms with Gasteiger partial charge in [-0.05, 0) is 19.1 Å². The van der Waals surface area contributed by atoms with Crippen molar-refractivity contribution in [3.05, 3.63) is 24.3 Å². The highest BCUT2D eigenvalue weighted by atomic mass is 32.1. The molecule has 1 aromatic carbocycles. The van der Waals surface area contributed by atoms with E-state index in [0.29, 0.717) is 0 Å². The van der Waals surface area contributed by atoms with Crippen LogP contribution < -0.4 is 5.32 Å². The van der Waals surface area contributed by atoms with E-state index in [4.69, 9.17) is 4.74 Å². The van der Waals surface area contributed by atoms with Gasteiger partial charge in [0, 0.05) is 13.2 Å². The van der Waals surface area contributed by atoms with E-state index in [1.54, 1.807) is 11.3 Å². The van der Waals surface area contributed by atoms with Crippen LogP contribution in [0.25, 0.3) is 10.2 Å². The van der Waals surface area contributed by atoms with Crippen LogP contribution in [-0.4, -0.2) is 24.7 Å². The molecule has 2 rings (SSSR count). The standard InChI is InChI=1S/C11H14N2OS/c1-2-14-8-7-12-11-13-9-5-3-4-6-10(9)15-11/h3-6H,2,7-8H2,1H3,(H,12,13). The Labute approximate surface area is 93.1 Å². The molecule has 0 aliphatic rings. The number of ether oxygens (including phenoxy) is 1. The second-order valence-electron chi connectivity index (χ2n) is 3.11. The van der Waals surface area contributed by atoms with Crippen molar-refractivity contribution in [2.75, 3.05) is 25.1 Å². The van der Waals surface area contributed by atoms with Crippen LogP contribution in [0, 0.1) is 0 Å². The maximum Gasteiger partial charge on any atom is 0.183 e. The monoisotopic (exact) mass is 222 g/mol. The van der Waals surface area contributed by atoms with Gasteiger partial charge in [0.25, 0.3) is 0 Å². The molecule has 2 aromatic rings. The van der Waals surface area contributed by atoms with Crippen LogP contribution in [0.3, 0.4) is 0 Å². The molecule has 0 unspecified atom stereocenters. The predicted octanol–water partition coefficient (Wildman–Crippen LogP) is 2.74. The Balaban J connectivity index is 1.97. The molecule has 80 valence electrons. The number of rotatable bonds is 5. The van der Waals surface area contributed by atoms with Gasteiger partial charge in [0.1, 0.15) is 0 Å². The molecule has 0 aliphatic heterocycles. The number of benzene rings is 1. The van der Waals surface area contributed by atoms with Gasteiger partial charge in [-0.2, -0.15) is 0 Å². The predicted molar refractivity (Wildman–Crippen MR) is 64.6 cm³/mol. The molecule has 1 aromatic heterocycles. The zero-order valence-electron chi connectivity index (χ0n) is 8.69. The highest BCUT2D eigenvalue weighted by Gasteiger charge is 2.00. The summed E-state index contributed by atoms with van der Waals surface area (Å²) in [5.74, 6) is 0. The van der Waals surface area contributed by atoms with Gasteiger partial charge in [0.2, 0.25) is 0 Å². The first-order valence-electron chi connectivity index (χ1n) is 5.07. The summed E-state index contributed by atoms with van der Waals surface area (Å²) in [6, 6.07) is 8.15. The van der Waals surface area contributed by atoms with Crippen molar-refractivity contribution in [1.29, 1.82) is 0 Å². The topological polar surface area (TPSA) is 34.1 Å². The summed E-state index contributed by atoms with van der Waals surface area (Å²) >= 11 is 1.68. The fourth-order valence-electron chi connectivity index (χ4n) is 1.32. The molecule has 0 saturated heterocycles. The fourth-order valence-corrected chi connectivity index (χ4v) is 2.21. The van der Waals surface area contributed by atoms with Gasteiger partial charge in [-0.1, -0.05) is 23.5 Å². The average Bonchev–Trinajstić information content (AvgIpc) is 2.67. The minimum absolute atomic E-state index is 0.729. The minimum atomic E-state index is 0.729. The van der Waals surface area contributed by atoms with E-state index >= 15 is 0 Å². The van der Waals surface area contributed by atoms with Crippen LogP contribution in [0.4, 0.5) is 5.13 Å². The van der Waals surface area contributed by atoms with Gasteiger partial charge in [0.15, 0.2) is 5.13 Å². The van der Waals surface area contributed by atoms with Gasteiger partial charge >= 0.3 is 0 Å². The molecule has 0 saturated carbocycles. The van der Waals surface area contributed by atoms with Crippen molar-refractivity contribution in [2.24, 2.45) is 0 Å². The maximum absolute atomic E-state index is 5.24. The Kier molecular flexibility index (Phi) is 3.53. The molecule has 0 spiro atoms. The number of thiazole rings is 1. The quantitative estimate of drug-likeness (QED) is 0.790. The van der Waals surface area contributed by atoms with Crippen LogP contribution in [0.15, 0.2) is 24.3 Å². The van der Waals surface area contributed by atoms with Crippen molar-refractivity contribution >= 4 is 26.7 Å². The Morgan fingerprint density at radius 3 is 3.07 bits per heavy atom. The van der Waals surface area contributed by atoms with Gasteiger partial charge in [-0.3, -0.25) is 0 Å². The van der Waals surface area contributed by atoms with Gasteiger partial charge in [0.05, 0.1) is 16.8 Å². The Morgan fingerprint density at radius 1 is 1.40 bits per heavy atom. The van der Waals surface area contributed by atoms with E-state index in [-0.39, 0.29) is 0 Å². The lowest BCUT2D eigenvalue weighted by atomic mass is 10.3. The lowest BCUT2D eigenvalue weighted by molar-refractivity contribution is 0.158. The van der Waals surface area contributed by atoms with Gasteiger partial charge in [-0.25, -0.2) is 4.98 Å². The number of nitrogens with one attached hydrogen (secondary N) is 1. The summed E-state index contributed by atoms with van der Waals surface area (Å²) in [4.78, 5) is 4.46. The zero-order valence-corrected chi connectivity index (χ0v) is 9.51. The number of nitrogens with zero attached hydrogens (tertiary/aromatic N) is 1. The molecule has 0 aliphatic carbocycles. The van der Waals surface area contributed by atoms with E-state index in [0.717, 1.165) is 30.4 Å². The van der Waals surface area contributed by atoms with Crippen LogP contribution in [0.2, 0.25) is 0 Å². The first-order chi connectivity index (χ1) is 7.40. The fraction of sp³-hybridized carbons (Fsp3) is 0.364. The smallest absolute Gasteiger partial charge is 0.183 e. The Hall–Kier alpha value is -1.13. The Bertz CT molecular complexity index is 394. The molecule has 3 nitrogen and oxygen atoms in total. The van der Waals surface area contributed by atoms with E-state index in [2.05, 4.69) is 16.4 Å². The SMILES string of the molecule is CCOCCNc1nc2ccccc2s1. The van der Waals surface area contributed by atoms with E-state index in [1.165, 1.54) is 4.70 Å². The third-order valence-electron chi connectivity index (χ3n) is 2.02. The first-order valence-corrected chi connectivity index (χ1v) is 5.89. The molecule has 4 heteroatoms. The van der Waals surface area contributed by atoms with Crippen molar-refractivity contribution < 1.29 is 4.74 Å². The minimum Gasteiger partial charge on any atom is -0.380 e. The highest BCUT2D eigenvalue weighted by molar-refractivity contribution is 7.22. The lowest BCUT2D eigenvalue weighted by Gasteiger charge is -2.01. The van der Waals surface area contributed by atoms with Gasteiger partial charge < -0.3 is 10.1 Å². The molecule has 0 amide bonds. The first kappa shape index (κ1) is 10.4. The third-order valence-corrected chi connectivity index (χ3v) is 3.01. The second-order valence-corrected chi connectivity index (χ2v) is 4.14. The number of hydrogen-bond donors (Lipinski definition) is 1.